The predicted molar refractivity (Wildman–Crippen MR) is 78.3 cm³/mol. The minimum atomic E-state index is -0.111. The summed E-state index contributed by atoms with van der Waals surface area (Å²) in [5, 5.41) is 0. The monoisotopic (exact) mass is 302 g/mol. The van der Waals surface area contributed by atoms with Crippen molar-refractivity contribution in [2.45, 2.75) is 17.7 Å². The lowest BCUT2D eigenvalue weighted by molar-refractivity contribution is 0.0989. The molecule has 0 bridgehead atoms. The second-order valence-corrected chi connectivity index (χ2v) is 5.33. The second-order valence-electron chi connectivity index (χ2n) is 4.22. The van der Waals surface area contributed by atoms with Crippen LogP contribution in [0.25, 0.3) is 0 Å². The molecule has 0 fully saturated rings. The van der Waals surface area contributed by atoms with Gasteiger partial charge >= 0.3 is 0 Å². The van der Waals surface area contributed by atoms with Gasteiger partial charge in [-0.15, -0.1) is 0 Å². The van der Waals surface area contributed by atoms with Gasteiger partial charge in [-0.1, -0.05) is 76.6 Å². The van der Waals surface area contributed by atoms with Crippen LogP contribution in [0, 0.1) is 0 Å². The van der Waals surface area contributed by atoms with E-state index in [4.69, 9.17) is 0 Å². The summed E-state index contributed by atoms with van der Waals surface area (Å²) in [6, 6.07) is 19.7. The molecule has 0 aliphatic rings. The van der Waals surface area contributed by atoms with Crippen molar-refractivity contribution in [3.05, 3.63) is 71.8 Å². The number of carbonyl (C=O) groups excluding carboxylic acids is 1. The van der Waals surface area contributed by atoms with Crippen molar-refractivity contribution in [1.29, 1.82) is 0 Å². The number of benzene rings is 2. The fraction of sp³-hybridized carbons (Fsp3) is 0.188. The largest absolute Gasteiger partial charge is 0.293 e. The zero-order chi connectivity index (χ0) is 12.8. The molecule has 0 amide bonds. The first-order valence-electron chi connectivity index (χ1n) is 6.04. The van der Waals surface area contributed by atoms with Crippen molar-refractivity contribution < 1.29 is 4.79 Å². The number of carbonyl (C=O) groups is 1. The Bertz CT molecular complexity index is 493. The van der Waals surface area contributed by atoms with Crippen molar-refractivity contribution >= 4 is 21.7 Å². The van der Waals surface area contributed by atoms with Gasteiger partial charge in [0.2, 0.25) is 0 Å². The van der Waals surface area contributed by atoms with Gasteiger partial charge in [-0.2, -0.15) is 0 Å². The van der Waals surface area contributed by atoms with Crippen molar-refractivity contribution in [1.82, 2.24) is 0 Å². The highest BCUT2D eigenvalue weighted by molar-refractivity contribution is 9.10. The van der Waals surface area contributed by atoms with Crippen LogP contribution in [-0.4, -0.2) is 10.6 Å². The number of hydrogen-bond acceptors (Lipinski definition) is 1. The molecule has 1 atom stereocenters. The molecular formula is C16H15BrO. The molecule has 2 rings (SSSR count). The second kappa shape index (κ2) is 6.50. The highest BCUT2D eigenvalue weighted by Crippen LogP contribution is 2.16. The first kappa shape index (κ1) is 13.0. The fourth-order valence-electron chi connectivity index (χ4n) is 1.85. The number of hydrogen-bond donors (Lipinski definition) is 0. The van der Waals surface area contributed by atoms with Crippen LogP contribution in [-0.2, 0) is 6.42 Å². The molecule has 1 nitrogen and oxygen atoms in total. The van der Waals surface area contributed by atoms with Crippen LogP contribution >= 0.6 is 15.9 Å². The van der Waals surface area contributed by atoms with Gasteiger partial charge in [0.25, 0.3) is 0 Å². The smallest absolute Gasteiger partial charge is 0.176 e. The third-order valence-corrected chi connectivity index (χ3v) is 3.75. The molecule has 2 heteroatoms. The summed E-state index contributed by atoms with van der Waals surface area (Å²) in [5.41, 5.74) is 2.04. The number of alkyl halides is 1. The summed E-state index contributed by atoms with van der Waals surface area (Å²) in [7, 11) is 0. The van der Waals surface area contributed by atoms with Crippen molar-refractivity contribution in [2.75, 3.05) is 0 Å². The topological polar surface area (TPSA) is 17.1 Å². The Labute approximate surface area is 116 Å². The van der Waals surface area contributed by atoms with Crippen LogP contribution in [0.4, 0.5) is 0 Å². The molecule has 0 aliphatic heterocycles. The summed E-state index contributed by atoms with van der Waals surface area (Å²) in [5.74, 6) is 0.159. The number of Topliss-reactive ketones (excluding diaryl/α,β-unsaturated/α-hetero) is 1. The third kappa shape index (κ3) is 3.54. The Morgan fingerprint density at radius 1 is 0.944 bits per heavy atom. The van der Waals surface area contributed by atoms with Gasteiger partial charge in [-0.05, 0) is 18.4 Å². The summed E-state index contributed by atoms with van der Waals surface area (Å²) in [6.45, 7) is 0. The van der Waals surface area contributed by atoms with Crippen molar-refractivity contribution in [2.24, 2.45) is 0 Å². The number of rotatable bonds is 5. The van der Waals surface area contributed by atoms with Crippen LogP contribution in [0.3, 0.4) is 0 Å². The third-order valence-electron chi connectivity index (χ3n) is 2.87. The van der Waals surface area contributed by atoms with E-state index < -0.39 is 0 Å². The highest BCUT2D eigenvalue weighted by atomic mass is 79.9. The summed E-state index contributed by atoms with van der Waals surface area (Å²) in [4.78, 5) is 12.0. The number of halogens is 1. The highest BCUT2D eigenvalue weighted by Gasteiger charge is 2.16. The van der Waals surface area contributed by atoms with Gasteiger partial charge in [-0.25, -0.2) is 0 Å². The first-order chi connectivity index (χ1) is 8.77. The van der Waals surface area contributed by atoms with E-state index in [0.717, 1.165) is 18.4 Å². The maximum Gasteiger partial charge on any atom is 0.176 e. The molecule has 0 aromatic heterocycles. The van der Waals surface area contributed by atoms with E-state index in [0.29, 0.717) is 0 Å². The van der Waals surface area contributed by atoms with Gasteiger partial charge in [0.15, 0.2) is 5.78 Å². The zero-order valence-electron chi connectivity index (χ0n) is 10.1. The average molecular weight is 303 g/mol. The lowest BCUT2D eigenvalue weighted by Crippen LogP contribution is -2.14. The maximum absolute atomic E-state index is 12.1. The molecule has 0 heterocycles. The van der Waals surface area contributed by atoms with Crippen LogP contribution in [0.2, 0.25) is 0 Å². The fourth-order valence-corrected chi connectivity index (χ4v) is 2.35. The summed E-state index contributed by atoms with van der Waals surface area (Å²) in [6.07, 6.45) is 1.73. The van der Waals surface area contributed by atoms with E-state index in [1.807, 2.05) is 48.5 Å². The Morgan fingerprint density at radius 3 is 2.11 bits per heavy atom. The first-order valence-corrected chi connectivity index (χ1v) is 6.96. The molecule has 0 N–H and O–H groups in total. The van der Waals surface area contributed by atoms with Crippen LogP contribution in [0.5, 0.6) is 0 Å². The van der Waals surface area contributed by atoms with E-state index in [1.165, 1.54) is 5.56 Å². The molecule has 2 aromatic carbocycles. The zero-order valence-corrected chi connectivity index (χ0v) is 11.6. The molecule has 0 aliphatic carbocycles. The number of ketones is 1. The molecule has 0 spiro atoms. The lowest BCUT2D eigenvalue weighted by atomic mass is 10.0. The van der Waals surface area contributed by atoms with E-state index in [9.17, 15) is 4.79 Å². The Kier molecular flexibility index (Phi) is 4.71. The molecule has 0 saturated heterocycles. The Morgan fingerprint density at radius 2 is 1.50 bits per heavy atom. The molecule has 18 heavy (non-hydrogen) atoms. The van der Waals surface area contributed by atoms with Gasteiger partial charge in [0.05, 0.1) is 4.83 Å². The number of aryl methyl sites for hydroxylation is 1. The lowest BCUT2D eigenvalue weighted by Gasteiger charge is -2.08. The van der Waals surface area contributed by atoms with Gasteiger partial charge in [0.1, 0.15) is 0 Å². The minimum Gasteiger partial charge on any atom is -0.293 e. The van der Waals surface area contributed by atoms with Gasteiger partial charge in [-0.3, -0.25) is 4.79 Å². The minimum absolute atomic E-state index is 0.111. The normalized spacial score (nSPS) is 12.1. The van der Waals surface area contributed by atoms with Crippen LogP contribution in [0.15, 0.2) is 60.7 Å². The molecule has 92 valence electrons. The quantitative estimate of drug-likeness (QED) is 0.595. The van der Waals surface area contributed by atoms with Crippen molar-refractivity contribution in [3.63, 3.8) is 0 Å². The Hall–Kier alpha value is -1.41. The summed E-state index contributed by atoms with van der Waals surface area (Å²) < 4.78 is 0. The average Bonchev–Trinajstić information content (AvgIpc) is 2.46. The van der Waals surface area contributed by atoms with E-state index >= 15 is 0 Å². The summed E-state index contributed by atoms with van der Waals surface area (Å²) >= 11 is 3.49. The van der Waals surface area contributed by atoms with Gasteiger partial charge < -0.3 is 0 Å². The molecular weight excluding hydrogens is 288 g/mol. The standard InChI is InChI=1S/C16H15BrO/c17-15(12-11-13-7-3-1-4-8-13)16(18)14-9-5-2-6-10-14/h1-10,15H,11-12H2. The molecule has 1 unspecified atom stereocenters. The molecule has 2 aromatic rings. The van der Waals surface area contributed by atoms with E-state index in [-0.39, 0.29) is 10.6 Å². The van der Waals surface area contributed by atoms with Gasteiger partial charge in [0, 0.05) is 5.56 Å². The SMILES string of the molecule is O=C(c1ccccc1)C(Br)CCc1ccccc1. The predicted octanol–water partition coefficient (Wildman–Crippen LogP) is 4.27. The van der Waals surface area contributed by atoms with E-state index in [1.54, 1.807) is 0 Å². The van der Waals surface area contributed by atoms with Crippen molar-refractivity contribution in [3.8, 4) is 0 Å². The maximum atomic E-state index is 12.1. The van der Waals surface area contributed by atoms with Crippen LogP contribution in [0.1, 0.15) is 22.3 Å². The van der Waals surface area contributed by atoms with Crippen LogP contribution < -0.4 is 0 Å². The molecule has 0 saturated carbocycles. The van der Waals surface area contributed by atoms with E-state index in [2.05, 4.69) is 28.1 Å². The Balaban J connectivity index is 1.93. The molecule has 0 radical (unpaired) electrons.